The number of carbonyl (C=O) groups is 1. The van der Waals surface area contributed by atoms with Crippen molar-refractivity contribution in [3.05, 3.63) is 41.6 Å². The SMILES string of the molecule is COc1ccc(CNC(=O)/C(C#N)=C\N2C(C)(C)CC(N)CC2(C)C)cc1. The molecule has 6 nitrogen and oxygen atoms in total. The van der Waals surface area contributed by atoms with Gasteiger partial charge < -0.3 is 20.7 Å². The lowest BCUT2D eigenvalue weighted by atomic mass is 9.77. The number of amides is 1. The van der Waals surface area contributed by atoms with Gasteiger partial charge in [-0.3, -0.25) is 4.79 Å². The number of carbonyl (C=O) groups excluding carboxylic acids is 1. The lowest BCUT2D eigenvalue weighted by Crippen LogP contribution is -2.61. The van der Waals surface area contributed by atoms with Gasteiger partial charge in [-0.2, -0.15) is 5.26 Å². The number of methoxy groups -OCH3 is 1. The van der Waals surface area contributed by atoms with Crippen LogP contribution < -0.4 is 15.8 Å². The summed E-state index contributed by atoms with van der Waals surface area (Å²) in [6.45, 7) is 8.71. The molecule has 1 aliphatic heterocycles. The zero-order valence-electron chi connectivity index (χ0n) is 16.9. The molecular weight excluding hydrogens is 340 g/mol. The Morgan fingerprint density at radius 3 is 2.33 bits per heavy atom. The molecule has 0 saturated carbocycles. The van der Waals surface area contributed by atoms with E-state index < -0.39 is 0 Å². The van der Waals surface area contributed by atoms with Crippen molar-refractivity contribution in [1.29, 1.82) is 5.26 Å². The van der Waals surface area contributed by atoms with Gasteiger partial charge in [0.2, 0.25) is 0 Å². The van der Waals surface area contributed by atoms with E-state index in [2.05, 4.69) is 37.9 Å². The molecule has 1 aromatic carbocycles. The van der Waals surface area contributed by atoms with Crippen LogP contribution in [-0.2, 0) is 11.3 Å². The van der Waals surface area contributed by atoms with E-state index in [1.54, 1.807) is 13.3 Å². The van der Waals surface area contributed by atoms with Crippen LogP contribution in [0, 0.1) is 11.3 Å². The van der Waals surface area contributed by atoms with Gasteiger partial charge in [-0.05, 0) is 58.2 Å². The van der Waals surface area contributed by atoms with Gasteiger partial charge in [-0.25, -0.2) is 0 Å². The summed E-state index contributed by atoms with van der Waals surface area (Å²) in [6, 6.07) is 9.59. The second kappa shape index (κ2) is 8.01. The van der Waals surface area contributed by atoms with Crippen molar-refractivity contribution in [3.63, 3.8) is 0 Å². The third-order valence-electron chi connectivity index (χ3n) is 5.06. The molecule has 1 saturated heterocycles. The molecule has 1 aromatic rings. The van der Waals surface area contributed by atoms with E-state index in [9.17, 15) is 10.1 Å². The highest BCUT2D eigenvalue weighted by atomic mass is 16.5. The minimum absolute atomic E-state index is 0.0973. The van der Waals surface area contributed by atoms with E-state index in [4.69, 9.17) is 10.5 Å². The highest BCUT2D eigenvalue weighted by molar-refractivity contribution is 5.97. The van der Waals surface area contributed by atoms with Crippen LogP contribution in [0.3, 0.4) is 0 Å². The van der Waals surface area contributed by atoms with Crippen LogP contribution in [0.5, 0.6) is 5.75 Å². The molecule has 3 N–H and O–H groups in total. The smallest absolute Gasteiger partial charge is 0.263 e. The maximum absolute atomic E-state index is 12.6. The number of hydrogen-bond donors (Lipinski definition) is 2. The molecular formula is C21H30N4O2. The van der Waals surface area contributed by atoms with Gasteiger partial charge in [0.05, 0.1) is 7.11 Å². The minimum Gasteiger partial charge on any atom is -0.497 e. The molecule has 0 aliphatic carbocycles. The topological polar surface area (TPSA) is 91.4 Å². The summed E-state index contributed by atoms with van der Waals surface area (Å²) in [6.07, 6.45) is 3.30. The standard InChI is InChI=1S/C21H30N4O2/c1-20(2)10-17(23)11-21(3,4)25(20)14-16(12-22)19(26)24-13-15-6-8-18(27-5)9-7-15/h6-9,14,17H,10-11,13,23H2,1-5H3,(H,24,26)/b16-14-. The number of nitriles is 1. The summed E-state index contributed by atoms with van der Waals surface area (Å²) in [5.74, 6) is 0.380. The van der Waals surface area contributed by atoms with E-state index in [-0.39, 0.29) is 28.6 Å². The first-order valence-corrected chi connectivity index (χ1v) is 9.17. The number of hydrogen-bond acceptors (Lipinski definition) is 5. The van der Waals surface area contributed by atoms with Crippen molar-refractivity contribution >= 4 is 5.91 Å². The lowest BCUT2D eigenvalue weighted by Gasteiger charge is -2.54. The third-order valence-corrected chi connectivity index (χ3v) is 5.06. The summed E-state index contributed by atoms with van der Waals surface area (Å²) < 4.78 is 5.13. The molecule has 1 amide bonds. The Bertz CT molecular complexity index is 726. The Balaban J connectivity index is 2.14. The third kappa shape index (κ3) is 5.01. The van der Waals surface area contributed by atoms with Gasteiger partial charge in [-0.15, -0.1) is 0 Å². The fraction of sp³-hybridized carbons (Fsp3) is 0.524. The molecule has 0 radical (unpaired) electrons. The quantitative estimate of drug-likeness (QED) is 0.614. The van der Waals surface area contributed by atoms with Crippen molar-refractivity contribution in [2.24, 2.45) is 5.73 Å². The van der Waals surface area contributed by atoms with E-state index >= 15 is 0 Å². The minimum atomic E-state index is -0.380. The maximum Gasteiger partial charge on any atom is 0.263 e. The first-order valence-electron chi connectivity index (χ1n) is 9.17. The Labute approximate surface area is 162 Å². The molecule has 0 bridgehead atoms. The second-order valence-corrected chi connectivity index (χ2v) is 8.35. The van der Waals surface area contributed by atoms with Crippen molar-refractivity contribution in [3.8, 4) is 11.8 Å². The predicted molar refractivity (Wildman–Crippen MR) is 106 cm³/mol. The van der Waals surface area contributed by atoms with E-state index in [0.717, 1.165) is 24.2 Å². The number of piperidine rings is 1. The number of nitrogens with zero attached hydrogens (tertiary/aromatic N) is 2. The molecule has 2 rings (SSSR count). The molecule has 27 heavy (non-hydrogen) atoms. The van der Waals surface area contributed by atoms with Gasteiger partial charge in [-0.1, -0.05) is 12.1 Å². The summed E-state index contributed by atoms with van der Waals surface area (Å²) in [7, 11) is 1.61. The highest BCUT2D eigenvalue weighted by Gasteiger charge is 2.43. The fourth-order valence-electron chi connectivity index (χ4n) is 4.01. The second-order valence-electron chi connectivity index (χ2n) is 8.35. The van der Waals surface area contributed by atoms with Crippen LogP contribution in [0.1, 0.15) is 46.1 Å². The van der Waals surface area contributed by atoms with Gasteiger partial charge in [0.25, 0.3) is 5.91 Å². The summed E-state index contributed by atoms with van der Waals surface area (Å²) in [5, 5.41) is 12.4. The fourth-order valence-corrected chi connectivity index (χ4v) is 4.01. The Morgan fingerprint density at radius 1 is 1.30 bits per heavy atom. The van der Waals surface area contributed by atoms with Crippen molar-refractivity contribution in [1.82, 2.24) is 10.2 Å². The first-order chi connectivity index (χ1) is 12.6. The number of benzene rings is 1. The Kier molecular flexibility index (Phi) is 6.17. The average molecular weight is 370 g/mol. The Morgan fingerprint density at radius 2 is 1.85 bits per heavy atom. The first kappa shape index (κ1) is 20.8. The van der Waals surface area contributed by atoms with Crippen molar-refractivity contribution in [2.45, 2.75) is 64.2 Å². The summed E-state index contributed by atoms with van der Waals surface area (Å²) in [5.41, 5.74) is 6.76. The lowest BCUT2D eigenvalue weighted by molar-refractivity contribution is -0.117. The van der Waals surface area contributed by atoms with Crippen molar-refractivity contribution in [2.75, 3.05) is 7.11 Å². The van der Waals surface area contributed by atoms with Crippen LogP contribution in [0.4, 0.5) is 0 Å². The van der Waals surface area contributed by atoms with Crippen molar-refractivity contribution < 1.29 is 9.53 Å². The zero-order chi connectivity index (χ0) is 20.2. The normalized spacial score (nSPS) is 19.3. The van der Waals surface area contributed by atoms with E-state index in [1.165, 1.54) is 0 Å². The molecule has 1 heterocycles. The number of ether oxygens (including phenoxy) is 1. The van der Waals surface area contributed by atoms with Crippen LogP contribution in [0.25, 0.3) is 0 Å². The zero-order valence-corrected chi connectivity index (χ0v) is 16.9. The largest absolute Gasteiger partial charge is 0.497 e. The highest BCUT2D eigenvalue weighted by Crippen LogP contribution is 2.38. The van der Waals surface area contributed by atoms with Crippen LogP contribution in [-0.4, -0.2) is 35.0 Å². The van der Waals surface area contributed by atoms with Gasteiger partial charge >= 0.3 is 0 Å². The van der Waals surface area contributed by atoms with Crippen LogP contribution in [0.15, 0.2) is 36.0 Å². The molecule has 0 aromatic heterocycles. The molecule has 6 heteroatoms. The van der Waals surface area contributed by atoms with Gasteiger partial charge in [0, 0.05) is 29.9 Å². The number of likely N-dealkylation sites (tertiary alicyclic amines) is 1. The van der Waals surface area contributed by atoms with Gasteiger partial charge in [0.15, 0.2) is 0 Å². The van der Waals surface area contributed by atoms with Gasteiger partial charge in [0.1, 0.15) is 17.4 Å². The summed E-state index contributed by atoms with van der Waals surface area (Å²) >= 11 is 0. The Hall–Kier alpha value is -2.52. The molecule has 0 unspecified atom stereocenters. The van der Waals surface area contributed by atoms with Crippen LogP contribution in [0.2, 0.25) is 0 Å². The molecule has 146 valence electrons. The van der Waals surface area contributed by atoms with E-state index in [1.807, 2.05) is 30.3 Å². The maximum atomic E-state index is 12.6. The monoisotopic (exact) mass is 370 g/mol. The predicted octanol–water partition coefficient (Wildman–Crippen LogP) is 2.70. The molecule has 0 atom stereocenters. The van der Waals surface area contributed by atoms with E-state index in [0.29, 0.717) is 6.54 Å². The number of nitrogens with two attached hydrogens (primary N) is 1. The molecule has 1 aliphatic rings. The summed E-state index contributed by atoms with van der Waals surface area (Å²) in [4.78, 5) is 14.7. The number of rotatable bonds is 5. The average Bonchev–Trinajstić information content (AvgIpc) is 2.58. The molecule has 1 fully saturated rings. The number of nitrogens with one attached hydrogen (secondary N) is 1. The van der Waals surface area contributed by atoms with Crippen LogP contribution >= 0.6 is 0 Å². The molecule has 0 spiro atoms.